The Kier molecular flexibility index (Phi) is 8.21. The Bertz CT molecular complexity index is 763. The maximum Gasteiger partial charge on any atom is 0.340 e. The van der Waals surface area contributed by atoms with Gasteiger partial charge in [0.05, 0.1) is 25.3 Å². The minimum Gasteiger partial charge on any atom is -0.465 e. The number of carbonyl (C=O) groups excluding carboxylic acids is 2. The van der Waals surface area contributed by atoms with Crippen LogP contribution in [0.4, 0.5) is 8.78 Å². The highest BCUT2D eigenvalue weighted by molar-refractivity contribution is 9.08. The van der Waals surface area contributed by atoms with Gasteiger partial charge in [0.15, 0.2) is 0 Å². The minimum absolute atomic E-state index is 0.0249. The van der Waals surface area contributed by atoms with Gasteiger partial charge >= 0.3 is 11.9 Å². The summed E-state index contributed by atoms with van der Waals surface area (Å²) in [4.78, 5) is 21.8. The van der Waals surface area contributed by atoms with Gasteiger partial charge in [-0.3, -0.25) is 0 Å². The lowest BCUT2D eigenvalue weighted by Crippen LogP contribution is -2.04. The second-order valence-electron chi connectivity index (χ2n) is 4.91. The summed E-state index contributed by atoms with van der Waals surface area (Å²) in [5, 5.41) is 0.561. The molecule has 0 aliphatic carbocycles. The van der Waals surface area contributed by atoms with E-state index in [2.05, 4.69) is 25.4 Å². The molecule has 0 N–H and O–H groups in total. The fourth-order valence-electron chi connectivity index (χ4n) is 1.81. The molecule has 0 radical (unpaired) electrons. The topological polar surface area (TPSA) is 52.6 Å². The molecular formula is C18H17BrF2O4. The van der Waals surface area contributed by atoms with Gasteiger partial charge in [-0.2, -0.15) is 0 Å². The fourth-order valence-corrected chi connectivity index (χ4v) is 2.16. The number of aryl methyl sites for hydroxylation is 1. The molecule has 0 amide bonds. The number of methoxy groups -OCH3 is 2. The molecule has 0 heterocycles. The van der Waals surface area contributed by atoms with Crippen LogP contribution < -0.4 is 0 Å². The van der Waals surface area contributed by atoms with Crippen LogP contribution in [0.5, 0.6) is 0 Å². The smallest absolute Gasteiger partial charge is 0.340 e. The Labute approximate surface area is 152 Å². The highest BCUT2D eigenvalue weighted by Crippen LogP contribution is 2.13. The van der Waals surface area contributed by atoms with Gasteiger partial charge in [0.25, 0.3) is 0 Å². The van der Waals surface area contributed by atoms with E-state index in [-0.39, 0.29) is 11.1 Å². The standard InChI is InChI=1S/C9H8BrFO2.C9H9FO2/c1-13-9(12)7-3-2-6(5-10)4-8(7)11;1-6-3-4-7(8(10)5-6)9(11)12-2/h2-4H,5H2,1H3;3-5H,1-2H3. The summed E-state index contributed by atoms with van der Waals surface area (Å²) in [6.07, 6.45) is 0. The van der Waals surface area contributed by atoms with Crippen LogP contribution in [-0.4, -0.2) is 26.2 Å². The number of halogens is 3. The number of carbonyl (C=O) groups is 2. The first kappa shape index (κ1) is 20.8. The largest absolute Gasteiger partial charge is 0.465 e. The van der Waals surface area contributed by atoms with Crippen LogP contribution in [0.2, 0.25) is 0 Å². The molecule has 7 heteroatoms. The molecule has 25 heavy (non-hydrogen) atoms. The van der Waals surface area contributed by atoms with Gasteiger partial charge in [0, 0.05) is 5.33 Å². The van der Waals surface area contributed by atoms with Gasteiger partial charge in [0.1, 0.15) is 11.6 Å². The monoisotopic (exact) mass is 414 g/mol. The van der Waals surface area contributed by atoms with Gasteiger partial charge < -0.3 is 9.47 Å². The van der Waals surface area contributed by atoms with Gasteiger partial charge in [-0.15, -0.1) is 0 Å². The van der Waals surface area contributed by atoms with Gasteiger partial charge in [-0.1, -0.05) is 28.1 Å². The molecule has 4 nitrogen and oxygen atoms in total. The summed E-state index contributed by atoms with van der Waals surface area (Å²) in [6, 6.07) is 8.76. The van der Waals surface area contributed by atoms with E-state index in [1.807, 2.05) is 0 Å². The summed E-state index contributed by atoms with van der Waals surface area (Å²) < 4.78 is 34.9. The molecule has 134 valence electrons. The van der Waals surface area contributed by atoms with Gasteiger partial charge in [-0.25, -0.2) is 18.4 Å². The van der Waals surface area contributed by atoms with Gasteiger partial charge in [0.2, 0.25) is 0 Å². The average molecular weight is 415 g/mol. The summed E-state index contributed by atoms with van der Waals surface area (Å²) in [6.45, 7) is 1.75. The van der Waals surface area contributed by atoms with Crippen molar-refractivity contribution >= 4 is 27.9 Å². The highest BCUT2D eigenvalue weighted by atomic mass is 79.9. The van der Waals surface area contributed by atoms with E-state index in [1.165, 1.54) is 38.5 Å². The molecule has 0 saturated carbocycles. The van der Waals surface area contributed by atoms with Crippen molar-refractivity contribution in [3.05, 3.63) is 70.3 Å². The molecular weight excluding hydrogens is 398 g/mol. The third kappa shape index (κ3) is 5.94. The summed E-state index contributed by atoms with van der Waals surface area (Å²) in [7, 11) is 2.45. The first-order valence-electron chi connectivity index (χ1n) is 7.11. The van der Waals surface area contributed by atoms with E-state index in [4.69, 9.17) is 0 Å². The Balaban J connectivity index is 0.000000251. The molecule has 0 atom stereocenters. The summed E-state index contributed by atoms with van der Waals surface area (Å²) in [5.74, 6) is -2.39. The lowest BCUT2D eigenvalue weighted by molar-refractivity contribution is 0.0586. The zero-order valence-electron chi connectivity index (χ0n) is 13.9. The van der Waals surface area contributed by atoms with E-state index in [9.17, 15) is 18.4 Å². The number of esters is 2. The van der Waals surface area contributed by atoms with Crippen molar-refractivity contribution < 1.29 is 27.8 Å². The molecule has 0 bridgehead atoms. The molecule has 2 aromatic carbocycles. The van der Waals surface area contributed by atoms with Crippen LogP contribution in [0.15, 0.2) is 36.4 Å². The van der Waals surface area contributed by atoms with Crippen molar-refractivity contribution in [2.24, 2.45) is 0 Å². The first-order chi connectivity index (χ1) is 11.8. The molecule has 0 saturated heterocycles. The molecule has 0 aliphatic rings. The molecule has 2 aromatic rings. The van der Waals surface area contributed by atoms with E-state index in [0.717, 1.165) is 11.1 Å². The zero-order valence-corrected chi connectivity index (χ0v) is 15.5. The Morgan fingerprint density at radius 3 is 1.80 bits per heavy atom. The van der Waals surface area contributed by atoms with Crippen LogP contribution in [-0.2, 0) is 14.8 Å². The second-order valence-corrected chi connectivity index (χ2v) is 5.48. The van der Waals surface area contributed by atoms with Crippen molar-refractivity contribution in [2.45, 2.75) is 12.3 Å². The van der Waals surface area contributed by atoms with E-state index in [0.29, 0.717) is 5.33 Å². The number of ether oxygens (including phenoxy) is 2. The third-order valence-electron chi connectivity index (χ3n) is 3.12. The summed E-state index contributed by atoms with van der Waals surface area (Å²) >= 11 is 3.19. The number of rotatable bonds is 3. The minimum atomic E-state index is -0.654. The number of hydrogen-bond donors (Lipinski definition) is 0. The normalized spacial score (nSPS) is 9.68. The average Bonchev–Trinajstić information content (AvgIpc) is 2.60. The molecule has 0 unspecified atom stereocenters. The number of benzene rings is 2. The van der Waals surface area contributed by atoms with Crippen molar-refractivity contribution in [3.63, 3.8) is 0 Å². The van der Waals surface area contributed by atoms with E-state index < -0.39 is 23.6 Å². The number of hydrogen-bond acceptors (Lipinski definition) is 4. The Hall–Kier alpha value is -2.28. The Morgan fingerprint density at radius 2 is 1.40 bits per heavy atom. The predicted octanol–water partition coefficient (Wildman–Crippen LogP) is 4.43. The molecule has 0 fully saturated rings. The van der Waals surface area contributed by atoms with Crippen molar-refractivity contribution in [3.8, 4) is 0 Å². The van der Waals surface area contributed by atoms with Crippen LogP contribution in [0.1, 0.15) is 31.8 Å². The van der Waals surface area contributed by atoms with Crippen LogP contribution >= 0.6 is 15.9 Å². The van der Waals surface area contributed by atoms with Crippen molar-refractivity contribution in [1.29, 1.82) is 0 Å². The molecule has 2 rings (SSSR count). The zero-order chi connectivity index (χ0) is 19.0. The van der Waals surface area contributed by atoms with Gasteiger partial charge in [-0.05, 0) is 42.3 Å². The SMILES string of the molecule is COC(=O)c1ccc(C)cc1F.COC(=O)c1ccc(CBr)cc1F. The fraction of sp³-hybridized carbons (Fsp3) is 0.222. The van der Waals surface area contributed by atoms with E-state index in [1.54, 1.807) is 19.1 Å². The van der Waals surface area contributed by atoms with Crippen molar-refractivity contribution in [2.75, 3.05) is 14.2 Å². The highest BCUT2D eigenvalue weighted by Gasteiger charge is 2.12. The summed E-state index contributed by atoms with van der Waals surface area (Å²) in [5.41, 5.74) is 1.50. The maximum atomic E-state index is 13.2. The van der Waals surface area contributed by atoms with Crippen LogP contribution in [0.25, 0.3) is 0 Å². The molecule has 0 spiro atoms. The third-order valence-corrected chi connectivity index (χ3v) is 3.77. The van der Waals surface area contributed by atoms with Crippen molar-refractivity contribution in [1.82, 2.24) is 0 Å². The first-order valence-corrected chi connectivity index (χ1v) is 8.23. The molecule has 0 aliphatic heterocycles. The van der Waals surface area contributed by atoms with E-state index >= 15 is 0 Å². The Morgan fingerprint density at radius 1 is 0.920 bits per heavy atom. The molecule has 0 aromatic heterocycles. The lowest BCUT2D eigenvalue weighted by Gasteiger charge is -2.01. The second kappa shape index (κ2) is 9.88. The lowest BCUT2D eigenvalue weighted by atomic mass is 10.1. The maximum absolute atomic E-state index is 13.2. The number of alkyl halides is 1. The predicted molar refractivity (Wildman–Crippen MR) is 92.8 cm³/mol. The van der Waals surface area contributed by atoms with Crippen LogP contribution in [0.3, 0.4) is 0 Å². The van der Waals surface area contributed by atoms with Crippen LogP contribution in [0, 0.1) is 18.6 Å². The quantitative estimate of drug-likeness (QED) is 0.550.